The van der Waals surface area contributed by atoms with E-state index in [0.29, 0.717) is 4.57 Å². The van der Waals surface area contributed by atoms with Crippen molar-refractivity contribution in [2.24, 2.45) is 5.73 Å². The molecule has 7 heteroatoms. The van der Waals surface area contributed by atoms with Crippen molar-refractivity contribution in [2.45, 2.75) is 0 Å². The van der Waals surface area contributed by atoms with Gasteiger partial charge in [0.25, 0.3) is 5.91 Å². The average Bonchev–Trinajstić information content (AvgIpc) is 2.30. The van der Waals surface area contributed by atoms with Crippen LogP contribution in [-0.2, 0) is 0 Å². The van der Waals surface area contributed by atoms with Gasteiger partial charge in [-0.25, -0.2) is 14.3 Å². The van der Waals surface area contributed by atoms with Crippen molar-refractivity contribution in [3.63, 3.8) is 0 Å². The molecular formula is C5H6N4O3. The molecule has 12 heavy (non-hydrogen) atoms. The molecule has 7 nitrogen and oxygen atoms in total. The van der Waals surface area contributed by atoms with E-state index in [1.807, 2.05) is 0 Å². The van der Waals surface area contributed by atoms with Gasteiger partial charge in [0.1, 0.15) is 12.1 Å². The third-order valence-corrected chi connectivity index (χ3v) is 1.24. The van der Waals surface area contributed by atoms with Gasteiger partial charge in [0.2, 0.25) is 0 Å². The molecule has 0 fully saturated rings. The van der Waals surface area contributed by atoms with Crippen molar-refractivity contribution in [3.8, 4) is 0 Å². The van der Waals surface area contributed by atoms with Gasteiger partial charge in [-0.05, 0) is 0 Å². The van der Waals surface area contributed by atoms with E-state index in [9.17, 15) is 9.59 Å². The van der Waals surface area contributed by atoms with Crippen molar-refractivity contribution in [1.82, 2.24) is 9.55 Å². The highest BCUT2D eigenvalue weighted by atomic mass is 16.4. The fourth-order valence-electron chi connectivity index (χ4n) is 0.700. The van der Waals surface area contributed by atoms with Crippen LogP contribution >= 0.6 is 0 Å². The summed E-state index contributed by atoms with van der Waals surface area (Å²) in [6.07, 6.45) is -0.398. The predicted molar refractivity (Wildman–Crippen MR) is 38.6 cm³/mol. The number of nitrogens with zero attached hydrogens (tertiary/aromatic N) is 2. The fourth-order valence-corrected chi connectivity index (χ4v) is 0.700. The first-order valence-corrected chi connectivity index (χ1v) is 2.90. The van der Waals surface area contributed by atoms with Gasteiger partial charge in [-0.3, -0.25) is 4.79 Å². The monoisotopic (exact) mass is 170 g/mol. The summed E-state index contributed by atoms with van der Waals surface area (Å²) < 4.78 is 0.611. The normalized spacial score (nSPS) is 9.67. The number of hydrogen-bond donors (Lipinski definition) is 3. The van der Waals surface area contributed by atoms with Gasteiger partial charge < -0.3 is 16.6 Å². The molecule has 0 aliphatic carbocycles. The molecule has 1 aromatic heterocycles. The maximum absolute atomic E-state index is 10.5. The molecule has 0 bridgehead atoms. The zero-order chi connectivity index (χ0) is 9.30. The molecular weight excluding hydrogens is 164 g/mol. The smallest absolute Gasteiger partial charge is 0.418 e. The Morgan fingerprint density at radius 1 is 1.58 bits per heavy atom. The second-order valence-corrected chi connectivity index (χ2v) is 2.00. The Hall–Kier alpha value is -2.05. The van der Waals surface area contributed by atoms with Gasteiger partial charge in [-0.15, -0.1) is 0 Å². The Bertz CT molecular complexity index is 311. The summed E-state index contributed by atoms with van der Waals surface area (Å²) in [5.74, 6) is -1.12. The lowest BCUT2D eigenvalue weighted by atomic mass is 10.4. The number of nitrogens with two attached hydrogens (primary N) is 2. The first kappa shape index (κ1) is 8.05. The van der Waals surface area contributed by atoms with Crippen molar-refractivity contribution in [3.05, 3.63) is 12.0 Å². The van der Waals surface area contributed by atoms with Crippen LogP contribution < -0.4 is 11.5 Å². The molecule has 0 radical (unpaired) electrons. The van der Waals surface area contributed by atoms with Crippen molar-refractivity contribution >= 4 is 17.8 Å². The lowest BCUT2D eigenvalue weighted by Gasteiger charge is -1.95. The third kappa shape index (κ3) is 1.07. The number of rotatable bonds is 1. The molecule has 0 saturated heterocycles. The minimum atomic E-state index is -1.31. The van der Waals surface area contributed by atoms with Crippen LogP contribution in [0.4, 0.5) is 10.6 Å². The number of carbonyl (C=O) groups excluding carboxylic acids is 1. The lowest BCUT2D eigenvalue weighted by Crippen LogP contribution is -2.16. The Labute approximate surface area is 66.6 Å². The Morgan fingerprint density at radius 2 is 2.17 bits per heavy atom. The maximum atomic E-state index is 10.5. The minimum Gasteiger partial charge on any atom is -0.464 e. The van der Waals surface area contributed by atoms with Crippen molar-refractivity contribution in [1.29, 1.82) is 0 Å². The van der Waals surface area contributed by atoms with E-state index in [1.54, 1.807) is 0 Å². The molecule has 1 amide bonds. The van der Waals surface area contributed by atoms with Gasteiger partial charge in [-0.1, -0.05) is 0 Å². The maximum Gasteiger partial charge on any atom is 0.418 e. The predicted octanol–water partition coefficient (Wildman–Crippen LogP) is -0.910. The third-order valence-electron chi connectivity index (χ3n) is 1.24. The summed E-state index contributed by atoms with van der Waals surface area (Å²) in [5, 5.41) is 8.45. The number of primary amides is 1. The first-order chi connectivity index (χ1) is 5.54. The molecule has 0 unspecified atom stereocenters. The van der Waals surface area contributed by atoms with E-state index >= 15 is 0 Å². The van der Waals surface area contributed by atoms with Gasteiger partial charge in [0.15, 0.2) is 5.69 Å². The number of hydrogen-bond acceptors (Lipinski definition) is 4. The standard InChI is InChI=1S/C5H6N4O3/c6-3-2(4(7)10)8-1-9(3)5(11)12/h1H,6H2,(H2,7,10)(H,11,12). The highest BCUT2D eigenvalue weighted by Crippen LogP contribution is 2.07. The van der Waals surface area contributed by atoms with E-state index in [2.05, 4.69) is 4.98 Å². The average molecular weight is 170 g/mol. The Kier molecular flexibility index (Phi) is 1.70. The summed E-state index contributed by atoms with van der Waals surface area (Å²) in [6.45, 7) is 0. The van der Waals surface area contributed by atoms with Gasteiger partial charge in [0.05, 0.1) is 0 Å². The van der Waals surface area contributed by atoms with Crippen LogP contribution in [0.15, 0.2) is 6.33 Å². The number of amides is 1. The number of aromatic nitrogens is 2. The van der Waals surface area contributed by atoms with E-state index in [1.165, 1.54) is 0 Å². The van der Waals surface area contributed by atoms with Crippen LogP contribution in [0.5, 0.6) is 0 Å². The largest absolute Gasteiger partial charge is 0.464 e. The molecule has 0 aliphatic heterocycles. The zero-order valence-corrected chi connectivity index (χ0v) is 5.89. The summed E-state index contributed by atoms with van der Waals surface area (Å²) in [7, 11) is 0. The molecule has 0 aromatic carbocycles. The van der Waals surface area contributed by atoms with Crippen LogP contribution in [0, 0.1) is 0 Å². The van der Waals surface area contributed by atoms with Gasteiger partial charge in [0, 0.05) is 0 Å². The highest BCUT2D eigenvalue weighted by molar-refractivity contribution is 5.96. The summed E-state index contributed by atoms with van der Waals surface area (Å²) >= 11 is 0. The minimum absolute atomic E-state index is 0.239. The van der Waals surface area contributed by atoms with E-state index in [-0.39, 0.29) is 11.5 Å². The second-order valence-electron chi connectivity index (χ2n) is 2.00. The molecule has 0 saturated carbocycles. The van der Waals surface area contributed by atoms with Crippen LogP contribution in [0.25, 0.3) is 0 Å². The summed E-state index contributed by atoms with van der Waals surface area (Å²) in [4.78, 5) is 24.3. The van der Waals surface area contributed by atoms with E-state index in [4.69, 9.17) is 16.6 Å². The second kappa shape index (κ2) is 2.53. The molecule has 1 aromatic rings. The van der Waals surface area contributed by atoms with Crippen molar-refractivity contribution < 1.29 is 14.7 Å². The summed E-state index contributed by atoms with van der Waals surface area (Å²) in [5.41, 5.74) is 9.83. The molecule has 0 atom stereocenters. The topological polar surface area (TPSA) is 124 Å². The van der Waals surface area contributed by atoms with Crippen LogP contribution in [-0.4, -0.2) is 26.7 Å². The Balaban J connectivity index is 3.22. The SMILES string of the molecule is NC(=O)c1ncn(C(=O)O)c1N. The highest BCUT2D eigenvalue weighted by Gasteiger charge is 2.15. The van der Waals surface area contributed by atoms with E-state index in [0.717, 1.165) is 6.33 Å². The lowest BCUT2D eigenvalue weighted by molar-refractivity contribution is 0.0997. The van der Waals surface area contributed by atoms with Crippen LogP contribution in [0.3, 0.4) is 0 Å². The molecule has 1 rings (SSSR count). The molecule has 0 spiro atoms. The van der Waals surface area contributed by atoms with Gasteiger partial charge >= 0.3 is 6.09 Å². The molecule has 64 valence electrons. The molecule has 1 heterocycles. The van der Waals surface area contributed by atoms with E-state index < -0.39 is 12.0 Å². The molecule has 0 aliphatic rings. The first-order valence-electron chi connectivity index (χ1n) is 2.90. The summed E-state index contributed by atoms with van der Waals surface area (Å²) in [6, 6.07) is 0. The number of nitrogen functional groups attached to an aromatic ring is 1. The molecule has 5 N–H and O–H groups in total. The van der Waals surface area contributed by atoms with Crippen LogP contribution in [0.1, 0.15) is 10.5 Å². The number of imidazole rings is 1. The zero-order valence-electron chi connectivity index (χ0n) is 5.89. The quantitative estimate of drug-likeness (QED) is 0.503. The number of carbonyl (C=O) groups is 2. The van der Waals surface area contributed by atoms with Crippen molar-refractivity contribution in [2.75, 3.05) is 5.73 Å². The van der Waals surface area contributed by atoms with Gasteiger partial charge in [-0.2, -0.15) is 0 Å². The number of carboxylic acid groups (broad SMARTS) is 1. The van der Waals surface area contributed by atoms with Crippen LogP contribution in [0.2, 0.25) is 0 Å². The Morgan fingerprint density at radius 3 is 2.42 bits per heavy atom. The number of anilines is 1. The fraction of sp³-hybridized carbons (Fsp3) is 0.